The Balaban J connectivity index is 1.27. The molecule has 2 aromatic carbocycles. The first kappa shape index (κ1) is 30.1. The van der Waals surface area contributed by atoms with Gasteiger partial charge in [0.2, 0.25) is 0 Å². The Morgan fingerprint density at radius 2 is 1.03 bits per heavy atom. The highest BCUT2D eigenvalue weighted by atomic mass is 16.6. The molecule has 0 unspecified atom stereocenters. The van der Waals surface area contributed by atoms with Crippen molar-refractivity contribution in [2.24, 2.45) is 0 Å². The average molecular weight is 519 g/mol. The Hall–Kier alpha value is -3.15. The lowest BCUT2D eigenvalue weighted by Gasteiger charge is -2.09. The van der Waals surface area contributed by atoms with E-state index in [1.165, 1.54) is 0 Å². The second-order valence-corrected chi connectivity index (χ2v) is 7.43. The summed E-state index contributed by atoms with van der Waals surface area (Å²) in [6, 6.07) is 15.1. The second kappa shape index (κ2) is 20.0. The maximum absolute atomic E-state index is 11.8. The third kappa shape index (κ3) is 14.2. The number of benzene rings is 2. The van der Waals surface area contributed by atoms with Gasteiger partial charge in [-0.05, 0) is 24.3 Å². The number of carbonyl (C=O) groups excluding carboxylic acids is 3. The minimum Gasteiger partial charge on any atom is -0.491 e. The van der Waals surface area contributed by atoms with Gasteiger partial charge < -0.3 is 33.2 Å². The highest BCUT2D eigenvalue weighted by Gasteiger charge is 2.17. The number of rotatable bonds is 22. The Morgan fingerprint density at radius 1 is 0.568 bits per heavy atom. The van der Waals surface area contributed by atoms with Gasteiger partial charge in [0.1, 0.15) is 25.2 Å². The van der Waals surface area contributed by atoms with E-state index in [0.29, 0.717) is 82.9 Å². The molecule has 2 aromatic rings. The maximum Gasteiger partial charge on any atom is 0.379 e. The smallest absolute Gasteiger partial charge is 0.379 e. The molecular formula is C27H34O10. The molecule has 0 aliphatic rings. The second-order valence-electron chi connectivity index (χ2n) is 7.43. The molecule has 0 N–H and O–H groups in total. The van der Waals surface area contributed by atoms with Crippen LogP contribution < -0.4 is 4.74 Å². The quantitative estimate of drug-likeness (QED) is 0.0756. The molecule has 10 nitrogen and oxygen atoms in total. The van der Waals surface area contributed by atoms with E-state index in [0.717, 1.165) is 6.29 Å². The van der Waals surface area contributed by atoms with E-state index in [1.807, 2.05) is 0 Å². The summed E-state index contributed by atoms with van der Waals surface area (Å²) in [5.74, 6) is -0.885. The van der Waals surface area contributed by atoms with Crippen molar-refractivity contribution < 1.29 is 47.5 Å². The predicted molar refractivity (Wildman–Crippen MR) is 133 cm³/mol. The van der Waals surface area contributed by atoms with Gasteiger partial charge in [0, 0.05) is 11.1 Å². The normalized spacial score (nSPS) is 10.7. The van der Waals surface area contributed by atoms with Crippen LogP contribution in [0.1, 0.15) is 20.7 Å². The third-order valence-electron chi connectivity index (χ3n) is 4.68. The molecule has 0 bridgehead atoms. The van der Waals surface area contributed by atoms with Crippen LogP contribution in [0, 0.1) is 0 Å². The van der Waals surface area contributed by atoms with E-state index in [9.17, 15) is 14.4 Å². The lowest BCUT2D eigenvalue weighted by Crippen LogP contribution is -2.20. The van der Waals surface area contributed by atoms with Crippen molar-refractivity contribution in [3.8, 4) is 5.75 Å². The van der Waals surface area contributed by atoms with Crippen molar-refractivity contribution in [3.63, 3.8) is 0 Å². The zero-order chi connectivity index (χ0) is 26.4. The standard InChI is InChI=1S/C27H34O10/c28-22-23-6-8-25(9-7-23)36-20-18-34-16-14-32-12-10-31-11-13-33-15-17-35-19-21-37-27(30)26(29)24-4-2-1-3-5-24/h1-9,22H,10-21H2. The van der Waals surface area contributed by atoms with Crippen LogP contribution >= 0.6 is 0 Å². The molecule has 202 valence electrons. The van der Waals surface area contributed by atoms with Gasteiger partial charge >= 0.3 is 5.97 Å². The van der Waals surface area contributed by atoms with Crippen molar-refractivity contribution in [2.45, 2.75) is 0 Å². The van der Waals surface area contributed by atoms with Crippen LogP contribution in [0.4, 0.5) is 0 Å². The third-order valence-corrected chi connectivity index (χ3v) is 4.68. The van der Waals surface area contributed by atoms with Crippen molar-refractivity contribution in [1.29, 1.82) is 0 Å². The molecule has 0 fully saturated rings. The largest absolute Gasteiger partial charge is 0.491 e. The number of ether oxygens (including phenoxy) is 7. The van der Waals surface area contributed by atoms with Gasteiger partial charge in [-0.15, -0.1) is 0 Å². The zero-order valence-electron chi connectivity index (χ0n) is 20.8. The fourth-order valence-corrected chi connectivity index (χ4v) is 2.81. The number of carbonyl (C=O) groups is 3. The molecular weight excluding hydrogens is 484 g/mol. The summed E-state index contributed by atoms with van der Waals surface area (Å²) in [7, 11) is 0. The molecule has 0 aromatic heterocycles. The van der Waals surface area contributed by atoms with E-state index in [-0.39, 0.29) is 13.2 Å². The first-order valence-corrected chi connectivity index (χ1v) is 12.0. The number of hydrogen-bond donors (Lipinski definition) is 0. The molecule has 0 saturated heterocycles. The lowest BCUT2D eigenvalue weighted by atomic mass is 10.1. The van der Waals surface area contributed by atoms with Gasteiger partial charge in [0.25, 0.3) is 5.78 Å². The summed E-state index contributed by atoms with van der Waals surface area (Å²) in [4.78, 5) is 34.1. The van der Waals surface area contributed by atoms with E-state index in [1.54, 1.807) is 54.6 Å². The van der Waals surface area contributed by atoms with E-state index in [2.05, 4.69) is 0 Å². The van der Waals surface area contributed by atoms with Gasteiger partial charge in [-0.2, -0.15) is 0 Å². The zero-order valence-corrected chi connectivity index (χ0v) is 20.8. The minimum atomic E-state index is -0.898. The summed E-state index contributed by atoms with van der Waals surface area (Å²) in [6.45, 7) is 4.43. The van der Waals surface area contributed by atoms with E-state index >= 15 is 0 Å². The summed E-state index contributed by atoms with van der Waals surface area (Å²) in [5.41, 5.74) is 0.902. The molecule has 0 spiro atoms. The fraction of sp³-hybridized carbons (Fsp3) is 0.444. The van der Waals surface area contributed by atoms with Gasteiger partial charge in [-0.1, -0.05) is 30.3 Å². The number of aldehydes is 1. The van der Waals surface area contributed by atoms with Gasteiger partial charge in [0.05, 0.1) is 66.1 Å². The Labute approximate surface area is 216 Å². The molecule has 37 heavy (non-hydrogen) atoms. The first-order chi connectivity index (χ1) is 18.2. The highest BCUT2D eigenvalue weighted by molar-refractivity contribution is 6.40. The number of hydrogen-bond acceptors (Lipinski definition) is 10. The monoisotopic (exact) mass is 518 g/mol. The van der Waals surface area contributed by atoms with Crippen LogP contribution in [0.2, 0.25) is 0 Å². The molecule has 0 saturated carbocycles. The molecule has 0 radical (unpaired) electrons. The van der Waals surface area contributed by atoms with Crippen LogP contribution in [0.3, 0.4) is 0 Å². The molecule has 10 heteroatoms. The van der Waals surface area contributed by atoms with Crippen molar-refractivity contribution in [3.05, 3.63) is 65.7 Å². The van der Waals surface area contributed by atoms with Crippen molar-refractivity contribution in [2.75, 3.05) is 79.3 Å². The summed E-state index contributed by atoms with van der Waals surface area (Å²) < 4.78 is 37.4. The number of ketones is 1. The van der Waals surface area contributed by atoms with Gasteiger partial charge in [0.15, 0.2) is 0 Å². The number of esters is 1. The first-order valence-electron chi connectivity index (χ1n) is 12.0. The molecule has 0 aliphatic heterocycles. The average Bonchev–Trinajstić information content (AvgIpc) is 2.94. The molecule has 0 atom stereocenters. The minimum absolute atomic E-state index is 0.00284. The van der Waals surface area contributed by atoms with Gasteiger partial charge in [-0.3, -0.25) is 9.59 Å². The highest BCUT2D eigenvalue weighted by Crippen LogP contribution is 2.10. The van der Waals surface area contributed by atoms with Crippen LogP contribution in [0.5, 0.6) is 5.75 Å². The number of Topliss-reactive ketones (excluding diaryl/α,β-unsaturated/α-hetero) is 1. The van der Waals surface area contributed by atoms with E-state index in [4.69, 9.17) is 33.2 Å². The van der Waals surface area contributed by atoms with Crippen LogP contribution in [0.25, 0.3) is 0 Å². The SMILES string of the molecule is O=Cc1ccc(OCCOCCOCCOCCOCCOCCOC(=O)C(=O)c2ccccc2)cc1. The Morgan fingerprint density at radius 3 is 1.51 bits per heavy atom. The summed E-state index contributed by atoms with van der Waals surface area (Å²) in [6.07, 6.45) is 0.787. The summed E-state index contributed by atoms with van der Waals surface area (Å²) in [5, 5.41) is 0. The topological polar surface area (TPSA) is 116 Å². The van der Waals surface area contributed by atoms with E-state index < -0.39 is 11.8 Å². The molecule has 2 rings (SSSR count). The van der Waals surface area contributed by atoms with Crippen LogP contribution in [0.15, 0.2) is 54.6 Å². The molecule has 0 heterocycles. The van der Waals surface area contributed by atoms with Crippen LogP contribution in [-0.2, 0) is 33.2 Å². The predicted octanol–water partition coefficient (Wildman–Crippen LogP) is 2.39. The van der Waals surface area contributed by atoms with Crippen molar-refractivity contribution >= 4 is 18.0 Å². The fourth-order valence-electron chi connectivity index (χ4n) is 2.81. The lowest BCUT2D eigenvalue weighted by molar-refractivity contribution is -0.139. The van der Waals surface area contributed by atoms with Gasteiger partial charge in [-0.25, -0.2) is 4.79 Å². The Kier molecular flexibility index (Phi) is 16.2. The molecule has 0 aliphatic carbocycles. The maximum atomic E-state index is 11.8. The Bertz CT molecular complexity index is 886. The van der Waals surface area contributed by atoms with Crippen LogP contribution in [-0.4, -0.2) is 97.3 Å². The van der Waals surface area contributed by atoms with Crippen molar-refractivity contribution in [1.82, 2.24) is 0 Å². The molecule has 0 amide bonds. The summed E-state index contributed by atoms with van der Waals surface area (Å²) >= 11 is 0.